The number of aryl methyl sites for hydroxylation is 3. The van der Waals surface area contributed by atoms with Gasteiger partial charge in [-0.1, -0.05) is 35.9 Å². The van der Waals surface area contributed by atoms with Crippen LogP contribution in [-0.4, -0.2) is 28.6 Å². The fourth-order valence-corrected chi connectivity index (χ4v) is 5.17. The molecule has 1 aromatic heterocycles. The monoisotopic (exact) mass is 501 g/mol. The maximum atomic E-state index is 13.1. The number of anilines is 1. The van der Waals surface area contributed by atoms with E-state index in [2.05, 4.69) is 42.7 Å². The molecule has 4 aromatic rings. The number of halogens is 1. The van der Waals surface area contributed by atoms with Crippen LogP contribution in [0.4, 0.5) is 5.69 Å². The van der Waals surface area contributed by atoms with Gasteiger partial charge in [-0.05, 0) is 86.7 Å². The van der Waals surface area contributed by atoms with E-state index in [4.69, 9.17) is 21.3 Å². The van der Waals surface area contributed by atoms with E-state index in [1.54, 1.807) is 0 Å². The number of nitrogens with zero attached hydrogens (tertiary/aromatic N) is 3. The number of carbonyl (C=O) groups excluding carboxylic acids is 1. The lowest BCUT2D eigenvalue weighted by Crippen LogP contribution is -2.25. The van der Waals surface area contributed by atoms with Gasteiger partial charge in [0.05, 0.1) is 17.6 Å². The van der Waals surface area contributed by atoms with Crippen molar-refractivity contribution in [3.05, 3.63) is 88.2 Å². The quantitative estimate of drug-likeness (QED) is 0.244. The summed E-state index contributed by atoms with van der Waals surface area (Å²) in [6, 6.07) is 20.2. The van der Waals surface area contributed by atoms with Gasteiger partial charge in [-0.25, -0.2) is 4.98 Å². The summed E-state index contributed by atoms with van der Waals surface area (Å²) in [4.78, 5) is 20.0. The molecule has 1 amide bonds. The molecule has 1 fully saturated rings. The molecule has 5 rings (SSSR count). The Hall–Kier alpha value is -3.31. The van der Waals surface area contributed by atoms with E-state index in [9.17, 15) is 4.79 Å². The van der Waals surface area contributed by atoms with E-state index in [1.807, 2.05) is 48.2 Å². The molecular weight excluding hydrogens is 470 g/mol. The van der Waals surface area contributed by atoms with Crippen LogP contribution in [0.2, 0.25) is 5.02 Å². The maximum absolute atomic E-state index is 13.1. The van der Waals surface area contributed by atoms with E-state index < -0.39 is 0 Å². The van der Waals surface area contributed by atoms with Crippen LogP contribution in [0.1, 0.15) is 47.7 Å². The largest absolute Gasteiger partial charge is 0.494 e. The van der Waals surface area contributed by atoms with E-state index >= 15 is 0 Å². The Bertz CT molecular complexity index is 1410. The third-order valence-corrected chi connectivity index (χ3v) is 7.64. The molecule has 1 aliphatic heterocycles. The van der Waals surface area contributed by atoms with Crippen molar-refractivity contribution in [1.29, 1.82) is 0 Å². The number of carbonyl (C=O) groups is 1. The van der Waals surface area contributed by atoms with Crippen molar-refractivity contribution in [1.82, 2.24) is 9.55 Å². The molecular formula is C30H32ClN3O2. The Balaban J connectivity index is 1.30. The fourth-order valence-electron chi connectivity index (χ4n) is 5.05. The predicted octanol–water partition coefficient (Wildman–Crippen LogP) is 6.99. The molecule has 0 aliphatic carbocycles. The lowest BCUT2D eigenvalue weighted by Gasteiger charge is -2.20. The van der Waals surface area contributed by atoms with Crippen LogP contribution < -0.4 is 9.64 Å². The summed E-state index contributed by atoms with van der Waals surface area (Å²) in [6.07, 6.45) is 2.36. The molecule has 1 aliphatic rings. The molecule has 2 heterocycles. The molecule has 186 valence electrons. The van der Waals surface area contributed by atoms with Crippen molar-refractivity contribution in [3.8, 4) is 5.75 Å². The maximum Gasteiger partial charge on any atom is 0.227 e. The minimum Gasteiger partial charge on any atom is -0.494 e. The van der Waals surface area contributed by atoms with Gasteiger partial charge in [-0.2, -0.15) is 0 Å². The number of hydrogen-bond donors (Lipinski definition) is 0. The van der Waals surface area contributed by atoms with Gasteiger partial charge in [-0.15, -0.1) is 0 Å². The summed E-state index contributed by atoms with van der Waals surface area (Å²) >= 11 is 6.12. The van der Waals surface area contributed by atoms with Crippen molar-refractivity contribution in [2.45, 2.75) is 52.5 Å². The average molecular weight is 502 g/mol. The average Bonchev–Trinajstić information content (AvgIpc) is 3.43. The number of imidazole rings is 1. The molecule has 3 aromatic carbocycles. The molecule has 1 unspecified atom stereocenters. The SMILES string of the molecule is Cc1cc(OCCCCn2c(C3CC(=O)N(c4cccc(C)c4C)C3)nc3ccccc32)ccc1Cl. The Kier molecular flexibility index (Phi) is 7.01. The number of rotatable bonds is 8. The van der Waals surface area contributed by atoms with Crippen molar-refractivity contribution in [2.24, 2.45) is 0 Å². The highest BCUT2D eigenvalue weighted by Gasteiger charge is 2.35. The standard InChI is InChI=1S/C30H32ClN3O2/c1-20-9-8-12-27(22(20)3)34-19-23(18-29(34)35)30-32-26-10-4-5-11-28(26)33(30)15-6-7-16-36-24-13-14-25(31)21(2)17-24/h4-5,8-14,17,23H,6-7,15-16,18-19H2,1-3H3. The fraction of sp³-hybridized carbons (Fsp3) is 0.333. The molecule has 0 N–H and O–H groups in total. The van der Waals surface area contributed by atoms with Crippen LogP contribution >= 0.6 is 11.6 Å². The first-order chi connectivity index (χ1) is 17.4. The molecule has 1 saturated heterocycles. The summed E-state index contributed by atoms with van der Waals surface area (Å²) in [5.41, 5.74) is 6.50. The first kappa shape index (κ1) is 24.4. The minimum absolute atomic E-state index is 0.0677. The highest BCUT2D eigenvalue weighted by atomic mass is 35.5. The van der Waals surface area contributed by atoms with Crippen LogP contribution in [0.5, 0.6) is 5.75 Å². The van der Waals surface area contributed by atoms with Crippen LogP contribution in [0.25, 0.3) is 11.0 Å². The number of benzene rings is 3. The number of fused-ring (bicyclic) bond motifs is 1. The van der Waals surface area contributed by atoms with Gasteiger partial charge in [0, 0.05) is 36.1 Å². The molecule has 36 heavy (non-hydrogen) atoms. The molecule has 0 radical (unpaired) electrons. The number of hydrogen-bond acceptors (Lipinski definition) is 3. The number of amides is 1. The van der Waals surface area contributed by atoms with Crippen LogP contribution in [0.15, 0.2) is 60.7 Å². The zero-order valence-corrected chi connectivity index (χ0v) is 21.9. The smallest absolute Gasteiger partial charge is 0.227 e. The molecule has 6 heteroatoms. The third kappa shape index (κ3) is 4.85. The van der Waals surface area contributed by atoms with Gasteiger partial charge >= 0.3 is 0 Å². The number of ether oxygens (including phenoxy) is 1. The predicted molar refractivity (Wildman–Crippen MR) is 146 cm³/mol. The van der Waals surface area contributed by atoms with Gasteiger partial charge in [0.25, 0.3) is 0 Å². The van der Waals surface area contributed by atoms with Crippen molar-refractivity contribution >= 4 is 34.2 Å². The Morgan fingerprint density at radius 3 is 2.67 bits per heavy atom. The second kappa shape index (κ2) is 10.4. The van der Waals surface area contributed by atoms with Crippen LogP contribution in [-0.2, 0) is 11.3 Å². The van der Waals surface area contributed by atoms with E-state index in [0.717, 1.165) is 63.8 Å². The summed E-state index contributed by atoms with van der Waals surface area (Å²) in [5, 5.41) is 0.753. The molecule has 0 saturated carbocycles. The molecule has 0 spiro atoms. The second-order valence-electron chi connectivity index (χ2n) is 9.70. The van der Waals surface area contributed by atoms with Gasteiger partial charge in [0.1, 0.15) is 11.6 Å². The molecule has 0 bridgehead atoms. The van der Waals surface area contributed by atoms with Crippen LogP contribution in [0, 0.1) is 20.8 Å². The zero-order chi connectivity index (χ0) is 25.2. The minimum atomic E-state index is 0.0677. The second-order valence-corrected chi connectivity index (χ2v) is 10.1. The molecule has 5 nitrogen and oxygen atoms in total. The Morgan fingerprint density at radius 1 is 1.00 bits per heavy atom. The summed E-state index contributed by atoms with van der Waals surface area (Å²) in [7, 11) is 0. The van der Waals surface area contributed by atoms with Gasteiger partial charge < -0.3 is 14.2 Å². The first-order valence-corrected chi connectivity index (χ1v) is 13.0. The lowest BCUT2D eigenvalue weighted by molar-refractivity contribution is -0.117. The summed E-state index contributed by atoms with van der Waals surface area (Å²) in [5.74, 6) is 2.09. The van der Waals surface area contributed by atoms with Crippen molar-refractivity contribution in [2.75, 3.05) is 18.1 Å². The Labute approximate surface area is 217 Å². The van der Waals surface area contributed by atoms with Gasteiger partial charge in [-0.3, -0.25) is 4.79 Å². The normalized spacial score (nSPS) is 15.7. The van der Waals surface area contributed by atoms with E-state index in [1.165, 1.54) is 5.56 Å². The lowest BCUT2D eigenvalue weighted by atomic mass is 10.1. The Morgan fingerprint density at radius 2 is 1.83 bits per heavy atom. The van der Waals surface area contributed by atoms with Crippen molar-refractivity contribution < 1.29 is 9.53 Å². The van der Waals surface area contributed by atoms with E-state index in [-0.39, 0.29) is 11.8 Å². The third-order valence-electron chi connectivity index (χ3n) is 7.22. The van der Waals surface area contributed by atoms with Gasteiger partial charge in [0.2, 0.25) is 5.91 Å². The summed E-state index contributed by atoms with van der Waals surface area (Å²) < 4.78 is 8.25. The van der Waals surface area contributed by atoms with Gasteiger partial charge in [0.15, 0.2) is 0 Å². The van der Waals surface area contributed by atoms with Crippen molar-refractivity contribution in [3.63, 3.8) is 0 Å². The number of aromatic nitrogens is 2. The number of para-hydroxylation sites is 2. The molecule has 1 atom stereocenters. The number of unbranched alkanes of at least 4 members (excludes halogenated alkanes) is 1. The topological polar surface area (TPSA) is 47.4 Å². The zero-order valence-electron chi connectivity index (χ0n) is 21.1. The highest BCUT2D eigenvalue weighted by Crippen LogP contribution is 2.35. The van der Waals surface area contributed by atoms with Crippen LogP contribution in [0.3, 0.4) is 0 Å². The highest BCUT2D eigenvalue weighted by molar-refractivity contribution is 6.31. The summed E-state index contributed by atoms with van der Waals surface area (Å²) in [6.45, 7) is 8.31. The van der Waals surface area contributed by atoms with E-state index in [0.29, 0.717) is 19.6 Å². The first-order valence-electron chi connectivity index (χ1n) is 12.6.